The van der Waals surface area contributed by atoms with Gasteiger partial charge in [0.1, 0.15) is 5.52 Å². The summed E-state index contributed by atoms with van der Waals surface area (Å²) < 4.78 is 0. The molecule has 1 aromatic heterocycles. The van der Waals surface area contributed by atoms with E-state index in [-0.39, 0.29) is 5.69 Å². The molecular formula is C14H17N3O2. The highest BCUT2D eigenvalue weighted by molar-refractivity contribution is 5.96. The van der Waals surface area contributed by atoms with E-state index < -0.39 is 4.92 Å². The summed E-state index contributed by atoms with van der Waals surface area (Å²) >= 11 is 0. The Balaban J connectivity index is 2.30. The van der Waals surface area contributed by atoms with Crippen LogP contribution in [-0.2, 0) is 0 Å². The summed E-state index contributed by atoms with van der Waals surface area (Å²) in [7, 11) is 0. The Morgan fingerprint density at radius 2 is 2.16 bits per heavy atom. The third-order valence-corrected chi connectivity index (χ3v) is 3.04. The number of aromatic nitrogens is 1. The minimum absolute atomic E-state index is 0.0507. The lowest BCUT2D eigenvalue weighted by Gasteiger charge is -2.09. The zero-order valence-corrected chi connectivity index (χ0v) is 10.9. The van der Waals surface area contributed by atoms with E-state index in [9.17, 15) is 10.1 Å². The summed E-state index contributed by atoms with van der Waals surface area (Å²) in [5.74, 6) is 0. The van der Waals surface area contributed by atoms with Crippen molar-refractivity contribution in [1.82, 2.24) is 4.98 Å². The number of non-ortho nitro benzene ring substituents is 1. The number of para-hydroxylation sites is 1. The number of anilines is 1. The van der Waals surface area contributed by atoms with Crippen LogP contribution in [0.3, 0.4) is 0 Å². The van der Waals surface area contributed by atoms with Gasteiger partial charge in [-0.3, -0.25) is 10.1 Å². The van der Waals surface area contributed by atoms with Gasteiger partial charge < -0.3 is 5.32 Å². The maximum Gasteiger partial charge on any atom is 0.295 e. The summed E-state index contributed by atoms with van der Waals surface area (Å²) in [5.41, 5.74) is 1.40. The van der Waals surface area contributed by atoms with E-state index >= 15 is 0 Å². The minimum atomic E-state index is -0.393. The van der Waals surface area contributed by atoms with Gasteiger partial charge in [0, 0.05) is 29.9 Å². The Morgan fingerprint density at radius 1 is 1.32 bits per heavy atom. The van der Waals surface area contributed by atoms with Gasteiger partial charge in [0.05, 0.1) is 4.92 Å². The maximum atomic E-state index is 11.0. The predicted molar refractivity (Wildman–Crippen MR) is 76.4 cm³/mol. The van der Waals surface area contributed by atoms with Crippen molar-refractivity contribution < 1.29 is 4.92 Å². The van der Waals surface area contributed by atoms with Crippen molar-refractivity contribution in [1.29, 1.82) is 0 Å². The summed E-state index contributed by atoms with van der Waals surface area (Å²) in [6, 6.07) is 6.89. The first-order valence-corrected chi connectivity index (χ1v) is 6.50. The fourth-order valence-electron chi connectivity index (χ4n) is 2.06. The Kier molecular flexibility index (Phi) is 4.28. The first-order chi connectivity index (χ1) is 9.24. The molecule has 0 amide bonds. The van der Waals surface area contributed by atoms with Crippen LogP contribution in [0, 0.1) is 10.1 Å². The number of nitrogens with one attached hydrogen (secondary N) is 1. The molecule has 1 N–H and O–H groups in total. The van der Waals surface area contributed by atoms with Gasteiger partial charge >= 0.3 is 0 Å². The van der Waals surface area contributed by atoms with Gasteiger partial charge in [0.25, 0.3) is 5.69 Å². The highest BCUT2D eigenvalue weighted by Crippen LogP contribution is 2.28. The molecule has 0 radical (unpaired) electrons. The van der Waals surface area contributed by atoms with Crippen LogP contribution in [0.4, 0.5) is 11.4 Å². The first kappa shape index (κ1) is 13.3. The third-order valence-electron chi connectivity index (χ3n) is 3.04. The van der Waals surface area contributed by atoms with E-state index in [2.05, 4.69) is 17.2 Å². The lowest BCUT2D eigenvalue weighted by molar-refractivity contribution is -0.383. The number of rotatable bonds is 6. The van der Waals surface area contributed by atoms with E-state index in [0.29, 0.717) is 5.52 Å². The first-order valence-electron chi connectivity index (χ1n) is 6.50. The lowest BCUT2D eigenvalue weighted by atomic mass is 10.1. The van der Waals surface area contributed by atoms with E-state index in [1.54, 1.807) is 12.3 Å². The molecule has 0 fully saturated rings. The van der Waals surface area contributed by atoms with Gasteiger partial charge in [0.2, 0.25) is 0 Å². The SMILES string of the molecule is CCCCCNc1ccnc2c([N+](=O)[O-])cccc12. The molecule has 0 spiro atoms. The van der Waals surface area contributed by atoms with Crippen LogP contribution in [0.5, 0.6) is 0 Å². The van der Waals surface area contributed by atoms with E-state index in [1.807, 2.05) is 12.1 Å². The Bertz CT molecular complexity index is 584. The van der Waals surface area contributed by atoms with Gasteiger partial charge in [-0.05, 0) is 12.5 Å². The molecule has 0 atom stereocenters. The van der Waals surface area contributed by atoms with E-state index in [1.165, 1.54) is 18.9 Å². The maximum absolute atomic E-state index is 11.0. The Labute approximate surface area is 111 Å². The summed E-state index contributed by atoms with van der Waals surface area (Å²) in [4.78, 5) is 14.7. The van der Waals surface area contributed by atoms with Gasteiger partial charge in [0.15, 0.2) is 0 Å². The fourth-order valence-corrected chi connectivity index (χ4v) is 2.06. The van der Waals surface area contributed by atoms with Crippen molar-refractivity contribution in [3.8, 4) is 0 Å². The van der Waals surface area contributed by atoms with Gasteiger partial charge in [-0.2, -0.15) is 0 Å². The molecule has 0 aliphatic carbocycles. The number of nitrogens with zero attached hydrogens (tertiary/aromatic N) is 2. The Hall–Kier alpha value is -2.17. The molecule has 5 heteroatoms. The number of pyridine rings is 1. The zero-order valence-electron chi connectivity index (χ0n) is 10.9. The molecule has 19 heavy (non-hydrogen) atoms. The summed E-state index contributed by atoms with van der Waals surface area (Å²) in [6.07, 6.45) is 5.05. The minimum Gasteiger partial charge on any atom is -0.384 e. The zero-order chi connectivity index (χ0) is 13.7. The monoisotopic (exact) mass is 259 g/mol. The van der Waals surface area contributed by atoms with Crippen molar-refractivity contribution >= 4 is 22.3 Å². The molecule has 2 rings (SSSR count). The topological polar surface area (TPSA) is 68.1 Å². The van der Waals surface area contributed by atoms with Crippen LogP contribution in [-0.4, -0.2) is 16.5 Å². The van der Waals surface area contributed by atoms with Crippen molar-refractivity contribution in [3.63, 3.8) is 0 Å². The second-order valence-corrected chi connectivity index (χ2v) is 4.42. The Morgan fingerprint density at radius 3 is 2.89 bits per heavy atom. The largest absolute Gasteiger partial charge is 0.384 e. The molecule has 2 aromatic rings. The van der Waals surface area contributed by atoms with Gasteiger partial charge in [-0.25, -0.2) is 4.98 Å². The number of nitro groups is 1. The van der Waals surface area contributed by atoms with E-state index in [4.69, 9.17) is 0 Å². The normalized spacial score (nSPS) is 10.6. The summed E-state index contributed by atoms with van der Waals surface area (Å²) in [6.45, 7) is 3.03. The second kappa shape index (κ2) is 6.13. The van der Waals surface area contributed by atoms with E-state index in [0.717, 1.165) is 24.0 Å². The number of hydrogen-bond acceptors (Lipinski definition) is 4. The smallest absolute Gasteiger partial charge is 0.295 e. The van der Waals surface area contributed by atoms with Crippen LogP contribution in [0.2, 0.25) is 0 Å². The molecule has 0 aliphatic heterocycles. The highest BCUT2D eigenvalue weighted by Gasteiger charge is 2.13. The highest BCUT2D eigenvalue weighted by atomic mass is 16.6. The molecule has 0 bridgehead atoms. The number of hydrogen-bond donors (Lipinski definition) is 1. The van der Waals surface area contributed by atoms with Crippen LogP contribution in [0.25, 0.3) is 10.9 Å². The average molecular weight is 259 g/mol. The molecule has 0 saturated heterocycles. The van der Waals surface area contributed by atoms with Gasteiger partial charge in [-0.15, -0.1) is 0 Å². The van der Waals surface area contributed by atoms with Crippen LogP contribution < -0.4 is 5.32 Å². The van der Waals surface area contributed by atoms with Crippen LogP contribution >= 0.6 is 0 Å². The van der Waals surface area contributed by atoms with Crippen molar-refractivity contribution in [2.24, 2.45) is 0 Å². The molecule has 100 valence electrons. The third kappa shape index (κ3) is 2.99. The fraction of sp³-hybridized carbons (Fsp3) is 0.357. The van der Waals surface area contributed by atoms with Crippen molar-refractivity contribution in [3.05, 3.63) is 40.6 Å². The average Bonchev–Trinajstić information content (AvgIpc) is 2.43. The molecule has 5 nitrogen and oxygen atoms in total. The molecular weight excluding hydrogens is 242 g/mol. The quantitative estimate of drug-likeness (QED) is 0.487. The lowest BCUT2D eigenvalue weighted by Crippen LogP contribution is -2.02. The van der Waals surface area contributed by atoms with Crippen LogP contribution in [0.15, 0.2) is 30.5 Å². The summed E-state index contributed by atoms with van der Waals surface area (Å²) in [5, 5.41) is 15.1. The van der Waals surface area contributed by atoms with Crippen LogP contribution in [0.1, 0.15) is 26.2 Å². The second-order valence-electron chi connectivity index (χ2n) is 4.42. The van der Waals surface area contributed by atoms with Crippen molar-refractivity contribution in [2.75, 3.05) is 11.9 Å². The number of fused-ring (bicyclic) bond motifs is 1. The molecule has 0 unspecified atom stereocenters. The van der Waals surface area contributed by atoms with Gasteiger partial charge in [-0.1, -0.05) is 31.9 Å². The number of benzene rings is 1. The predicted octanol–water partition coefficient (Wildman–Crippen LogP) is 3.75. The molecule has 1 aromatic carbocycles. The molecule has 0 saturated carbocycles. The standard InChI is InChI=1S/C14H17N3O2/c1-2-3-4-9-15-12-8-10-16-14-11(12)6-5-7-13(14)17(18)19/h5-8,10H,2-4,9H2,1H3,(H,15,16). The molecule has 0 aliphatic rings. The number of unbranched alkanes of at least 4 members (excludes halogenated alkanes) is 2. The number of nitro benzene ring substituents is 1. The van der Waals surface area contributed by atoms with Crippen molar-refractivity contribution in [2.45, 2.75) is 26.2 Å². The molecule has 1 heterocycles.